The minimum Gasteiger partial charge on any atom is -0.347 e. The molecule has 0 amide bonds. The van der Waals surface area contributed by atoms with Gasteiger partial charge in [-0.25, -0.2) is 0 Å². The first-order chi connectivity index (χ1) is 6.27. The normalized spacial score (nSPS) is 20.3. The van der Waals surface area contributed by atoms with Gasteiger partial charge in [0.25, 0.3) is 0 Å². The monoisotopic (exact) mass is 229 g/mol. The van der Waals surface area contributed by atoms with E-state index in [1.165, 1.54) is 0 Å². The molecule has 80 valence electrons. The van der Waals surface area contributed by atoms with Crippen LogP contribution in [0.15, 0.2) is 12.1 Å². The van der Waals surface area contributed by atoms with Crippen molar-refractivity contribution in [1.82, 2.24) is 4.48 Å². The number of nitrogens with zero attached hydrogens (tertiary/aromatic N) is 1. The molecule has 0 fully saturated rings. The second-order valence-corrected chi connectivity index (χ2v) is 11.2. The van der Waals surface area contributed by atoms with Gasteiger partial charge in [0, 0.05) is 0 Å². The molecule has 0 aromatic heterocycles. The minimum atomic E-state index is -1.42. The number of hydrogen-bond acceptors (Lipinski definition) is 1. The zero-order chi connectivity index (χ0) is 11.0. The van der Waals surface area contributed by atoms with E-state index in [1.807, 2.05) is 0 Å². The lowest BCUT2D eigenvalue weighted by Gasteiger charge is -2.48. The Labute approximate surface area is 94.6 Å². The first-order valence-electron chi connectivity index (χ1n) is 5.34. The number of hydrogen-bond donors (Lipinski definition) is 0. The Balaban J connectivity index is 2.87. The van der Waals surface area contributed by atoms with Gasteiger partial charge in [0.2, 0.25) is 0 Å². The van der Waals surface area contributed by atoms with Crippen molar-refractivity contribution >= 4 is 26.0 Å². The molecule has 4 heteroatoms. The molecular weight excluding hydrogens is 208 g/mol. The molecule has 0 saturated carbocycles. The smallest absolute Gasteiger partial charge is 0.347 e. The molecule has 1 heterocycles. The fourth-order valence-electron chi connectivity index (χ4n) is 1.67. The quantitative estimate of drug-likeness (QED) is 0.622. The van der Waals surface area contributed by atoms with E-state index in [-0.39, 0.29) is 6.26 Å². The lowest BCUT2D eigenvalue weighted by atomic mass is 9.88. The summed E-state index contributed by atoms with van der Waals surface area (Å²) < 4.78 is 2.52. The van der Waals surface area contributed by atoms with Crippen LogP contribution in [0, 0.1) is 0 Å². The third kappa shape index (κ3) is 2.26. The molecule has 0 N–H and O–H groups in total. The van der Waals surface area contributed by atoms with Gasteiger partial charge in [-0.3, -0.25) is 0 Å². The van der Waals surface area contributed by atoms with Crippen molar-refractivity contribution in [3.63, 3.8) is 0 Å². The predicted octanol–water partition coefficient (Wildman–Crippen LogP) is 3.52. The Morgan fingerprint density at radius 2 is 1.93 bits per heavy atom. The molecule has 0 spiro atoms. The van der Waals surface area contributed by atoms with Crippen LogP contribution < -0.4 is 0 Å². The van der Waals surface area contributed by atoms with Crippen LogP contribution in [0.25, 0.3) is 0 Å². The molecule has 0 aromatic rings. The van der Waals surface area contributed by atoms with Crippen LogP contribution in [0.2, 0.25) is 18.1 Å². The molecule has 1 aliphatic heterocycles. The maximum Gasteiger partial charge on any atom is 0.350 e. The van der Waals surface area contributed by atoms with Crippen LogP contribution in [0.3, 0.4) is 0 Å². The second kappa shape index (κ2) is 4.03. The zero-order valence-electron chi connectivity index (χ0n) is 9.97. The van der Waals surface area contributed by atoms with Gasteiger partial charge in [-0.1, -0.05) is 45.9 Å². The van der Waals surface area contributed by atoms with Gasteiger partial charge < -0.3 is 4.48 Å². The molecule has 0 bridgehead atoms. The van der Waals surface area contributed by atoms with Crippen LogP contribution in [-0.4, -0.2) is 25.5 Å². The van der Waals surface area contributed by atoms with E-state index in [0.717, 1.165) is 13.0 Å². The Bertz CT molecular complexity index is 235. The van der Waals surface area contributed by atoms with Crippen molar-refractivity contribution in [2.45, 2.75) is 45.3 Å². The summed E-state index contributed by atoms with van der Waals surface area (Å²) >= 11 is 6.35. The van der Waals surface area contributed by atoms with Crippen molar-refractivity contribution in [2.24, 2.45) is 0 Å². The number of halogens is 1. The summed E-state index contributed by atoms with van der Waals surface area (Å²) in [6.45, 7) is 13.0. The highest BCUT2D eigenvalue weighted by molar-refractivity contribution is 7.12. The minimum absolute atomic E-state index is 0.115. The molecule has 0 aliphatic carbocycles. The van der Waals surface area contributed by atoms with E-state index < -0.39 is 8.24 Å². The molecular formula is C10H21BClNSi. The summed E-state index contributed by atoms with van der Waals surface area (Å²) in [4.78, 5) is 0. The molecule has 0 aromatic carbocycles. The van der Waals surface area contributed by atoms with Crippen molar-refractivity contribution in [1.29, 1.82) is 0 Å². The lowest BCUT2D eigenvalue weighted by molar-refractivity contribution is 0.567. The summed E-state index contributed by atoms with van der Waals surface area (Å²) in [6.07, 6.45) is 3.46. The fraction of sp³-hybridized carbons (Fsp3) is 0.800. The van der Waals surface area contributed by atoms with E-state index in [2.05, 4.69) is 50.4 Å². The molecule has 0 unspecified atom stereocenters. The fourth-order valence-corrected chi connectivity index (χ4v) is 4.85. The third-order valence-corrected chi connectivity index (χ3v) is 9.84. The zero-order valence-corrected chi connectivity index (χ0v) is 11.7. The van der Waals surface area contributed by atoms with Crippen LogP contribution in [0.1, 0.15) is 27.2 Å². The van der Waals surface area contributed by atoms with Crippen LogP contribution in [0.5, 0.6) is 0 Å². The van der Waals surface area contributed by atoms with E-state index >= 15 is 0 Å². The molecule has 1 aliphatic rings. The third-order valence-electron chi connectivity index (χ3n) is 3.68. The van der Waals surface area contributed by atoms with E-state index in [0.29, 0.717) is 5.04 Å². The molecule has 1 rings (SSSR count). The Morgan fingerprint density at radius 3 is 2.36 bits per heavy atom. The highest BCUT2D eigenvalue weighted by Crippen LogP contribution is 2.39. The Hall–Kier alpha value is 0.272. The van der Waals surface area contributed by atoms with Crippen LogP contribution >= 0.6 is 11.5 Å². The summed E-state index contributed by atoms with van der Waals surface area (Å²) in [5.41, 5.74) is 0. The lowest BCUT2D eigenvalue weighted by Crippen LogP contribution is -2.60. The summed E-state index contributed by atoms with van der Waals surface area (Å²) in [5, 5.41) is 0.380. The SMILES string of the molecule is CC(C)(C)[Si](C)(C)N1CCC=CB1Cl. The van der Waals surface area contributed by atoms with Crippen LogP contribution in [0.4, 0.5) is 0 Å². The second-order valence-electron chi connectivity index (χ2n) is 5.59. The highest BCUT2D eigenvalue weighted by atomic mass is 35.5. The van der Waals surface area contributed by atoms with Gasteiger partial charge in [-0.15, -0.1) is 0 Å². The van der Waals surface area contributed by atoms with E-state index in [1.54, 1.807) is 0 Å². The first-order valence-corrected chi connectivity index (χ1v) is 8.72. The number of rotatable bonds is 1. The van der Waals surface area contributed by atoms with Gasteiger partial charge in [-0.2, -0.15) is 11.5 Å². The van der Waals surface area contributed by atoms with Gasteiger partial charge in [0.1, 0.15) is 8.24 Å². The maximum atomic E-state index is 6.35. The van der Waals surface area contributed by atoms with Crippen LogP contribution in [-0.2, 0) is 0 Å². The molecule has 0 radical (unpaired) electrons. The average molecular weight is 230 g/mol. The van der Waals surface area contributed by atoms with Crippen molar-refractivity contribution in [2.75, 3.05) is 6.54 Å². The maximum absolute atomic E-state index is 6.35. The standard InChI is InChI=1S/C10H21BClNSi/c1-10(2,3)14(4,5)13-9-7-6-8-11(13)12/h6,8H,7,9H2,1-5H3. The summed E-state index contributed by atoms with van der Waals surface area (Å²) in [5.74, 6) is 2.13. The highest BCUT2D eigenvalue weighted by Gasteiger charge is 2.44. The van der Waals surface area contributed by atoms with E-state index in [4.69, 9.17) is 11.5 Å². The van der Waals surface area contributed by atoms with Crippen molar-refractivity contribution in [3.8, 4) is 0 Å². The predicted molar refractivity (Wildman–Crippen MR) is 69.3 cm³/mol. The Kier molecular flexibility index (Phi) is 3.55. The molecule has 1 nitrogen and oxygen atoms in total. The topological polar surface area (TPSA) is 3.24 Å². The first kappa shape index (κ1) is 12.3. The largest absolute Gasteiger partial charge is 0.350 e. The van der Waals surface area contributed by atoms with Gasteiger partial charge >= 0.3 is 6.26 Å². The summed E-state index contributed by atoms with van der Waals surface area (Å²) in [7, 11) is -1.42. The van der Waals surface area contributed by atoms with E-state index in [9.17, 15) is 0 Å². The van der Waals surface area contributed by atoms with Crippen molar-refractivity contribution in [3.05, 3.63) is 12.1 Å². The van der Waals surface area contributed by atoms with Crippen molar-refractivity contribution < 1.29 is 0 Å². The average Bonchev–Trinajstić information content (AvgIpc) is 2.02. The summed E-state index contributed by atoms with van der Waals surface area (Å²) in [6, 6.07) is 0. The molecule has 0 saturated heterocycles. The molecule has 14 heavy (non-hydrogen) atoms. The van der Waals surface area contributed by atoms with Gasteiger partial charge in [-0.05, 0) is 18.0 Å². The van der Waals surface area contributed by atoms with Gasteiger partial charge in [0.15, 0.2) is 0 Å². The Morgan fingerprint density at radius 1 is 1.36 bits per heavy atom. The molecule has 0 atom stereocenters. The van der Waals surface area contributed by atoms with Gasteiger partial charge in [0.05, 0.1) is 0 Å².